The van der Waals surface area contributed by atoms with Crippen molar-refractivity contribution in [3.63, 3.8) is 0 Å². The van der Waals surface area contributed by atoms with Gasteiger partial charge in [0, 0.05) is 5.69 Å². The predicted molar refractivity (Wildman–Crippen MR) is 147 cm³/mol. The van der Waals surface area contributed by atoms with Crippen molar-refractivity contribution in [3.05, 3.63) is 103 Å². The predicted octanol–water partition coefficient (Wildman–Crippen LogP) is 4.31. The first-order valence-corrected chi connectivity index (χ1v) is 12.9. The number of nitrogens with zero attached hydrogens (tertiary/aromatic N) is 5. The van der Waals surface area contributed by atoms with Crippen LogP contribution in [0, 0.1) is 11.8 Å². The monoisotopic (exact) mass is 511 g/mol. The summed E-state index contributed by atoms with van der Waals surface area (Å²) in [6.45, 7) is 0. The van der Waals surface area contributed by atoms with Crippen molar-refractivity contribution in [1.82, 2.24) is 15.0 Å². The highest BCUT2D eigenvalue weighted by molar-refractivity contribution is 6.25. The minimum absolute atomic E-state index is 0.293. The van der Waals surface area contributed by atoms with E-state index in [1.807, 2.05) is 89.8 Å². The standard InChI is InChI=1S/C31H21N5O3/c37-29-26-25-16-14-19-8-3-5-11-23(19)35(25)28(31(39)36-24-12-6-4-10-22(24)32-33-36)27(26)30(38)34(29)21-15-13-18-7-1-2-9-20(18)17-21/h1-17,25-28H/t25-,26+,27+,28-/m1/s1. The molecule has 1 aromatic heterocycles. The number of hydrogen-bond acceptors (Lipinski definition) is 6. The molecule has 39 heavy (non-hydrogen) atoms. The van der Waals surface area contributed by atoms with Crippen molar-refractivity contribution < 1.29 is 14.4 Å². The van der Waals surface area contributed by atoms with Crippen LogP contribution in [0.3, 0.4) is 0 Å². The van der Waals surface area contributed by atoms with Crippen LogP contribution >= 0.6 is 0 Å². The lowest BCUT2D eigenvalue weighted by Crippen LogP contribution is -2.50. The Morgan fingerprint density at radius 2 is 1.51 bits per heavy atom. The van der Waals surface area contributed by atoms with Crippen molar-refractivity contribution in [1.29, 1.82) is 0 Å². The SMILES string of the molecule is O=C1[C@@H]2[C@H](C(=O)N1c1ccc3ccccc3c1)[C@H](C(=O)n1nnc3ccccc31)N1c3ccccc3C=C[C@H]21. The Labute approximate surface area is 222 Å². The summed E-state index contributed by atoms with van der Waals surface area (Å²) in [7, 11) is 0. The molecule has 0 spiro atoms. The normalized spacial score (nSPS) is 23.4. The molecule has 0 saturated carbocycles. The summed E-state index contributed by atoms with van der Waals surface area (Å²) in [5.41, 5.74) is 3.41. The molecule has 2 amide bonds. The topological polar surface area (TPSA) is 88.4 Å². The fourth-order valence-electron chi connectivity index (χ4n) is 6.52. The van der Waals surface area contributed by atoms with Gasteiger partial charge in [0.25, 0.3) is 5.91 Å². The number of hydrogen-bond donors (Lipinski definition) is 0. The second-order valence-corrected chi connectivity index (χ2v) is 10.2. The van der Waals surface area contributed by atoms with Gasteiger partial charge >= 0.3 is 0 Å². The lowest BCUT2D eigenvalue weighted by Gasteiger charge is -2.36. The largest absolute Gasteiger partial charge is 0.351 e. The van der Waals surface area contributed by atoms with Crippen LogP contribution in [0.25, 0.3) is 27.9 Å². The molecule has 0 N–H and O–H groups in total. The van der Waals surface area contributed by atoms with E-state index in [9.17, 15) is 14.4 Å². The quantitative estimate of drug-likeness (QED) is 0.328. The van der Waals surface area contributed by atoms with Crippen molar-refractivity contribution in [3.8, 4) is 0 Å². The van der Waals surface area contributed by atoms with E-state index in [-0.39, 0.29) is 17.7 Å². The number of anilines is 2. The summed E-state index contributed by atoms with van der Waals surface area (Å²) >= 11 is 0. The lowest BCUT2D eigenvalue weighted by molar-refractivity contribution is -0.122. The molecule has 0 aliphatic carbocycles. The summed E-state index contributed by atoms with van der Waals surface area (Å²) < 4.78 is 1.27. The zero-order chi connectivity index (χ0) is 26.2. The van der Waals surface area contributed by atoms with Gasteiger partial charge in [-0.05, 0) is 46.7 Å². The molecule has 8 heteroatoms. The molecule has 0 bridgehead atoms. The number of rotatable bonds is 2. The highest BCUT2D eigenvalue weighted by Crippen LogP contribution is 2.49. The van der Waals surface area contributed by atoms with Gasteiger partial charge in [-0.3, -0.25) is 14.4 Å². The first kappa shape index (κ1) is 21.9. The third-order valence-corrected chi connectivity index (χ3v) is 8.22. The number of fused-ring (bicyclic) bond motifs is 7. The van der Waals surface area contributed by atoms with Crippen LogP contribution < -0.4 is 9.80 Å². The van der Waals surface area contributed by atoms with Gasteiger partial charge < -0.3 is 4.90 Å². The summed E-state index contributed by atoms with van der Waals surface area (Å²) in [5, 5.41) is 10.3. The molecule has 2 fully saturated rings. The van der Waals surface area contributed by atoms with Crippen molar-refractivity contribution in [2.24, 2.45) is 11.8 Å². The van der Waals surface area contributed by atoms with E-state index in [0.29, 0.717) is 16.7 Å². The lowest BCUT2D eigenvalue weighted by atomic mass is 9.88. The zero-order valence-electron chi connectivity index (χ0n) is 20.6. The molecule has 2 saturated heterocycles. The smallest absolute Gasteiger partial charge is 0.272 e. The van der Waals surface area contributed by atoms with E-state index in [4.69, 9.17) is 0 Å². The Balaban J connectivity index is 1.29. The van der Waals surface area contributed by atoms with E-state index in [1.165, 1.54) is 9.58 Å². The van der Waals surface area contributed by atoms with Gasteiger partial charge in [0.2, 0.25) is 11.8 Å². The van der Waals surface area contributed by atoms with Crippen LogP contribution in [0.4, 0.5) is 11.4 Å². The first-order valence-electron chi connectivity index (χ1n) is 12.9. The molecular weight excluding hydrogens is 490 g/mol. The molecule has 0 unspecified atom stereocenters. The van der Waals surface area contributed by atoms with Crippen LogP contribution in [0.1, 0.15) is 10.4 Å². The summed E-state index contributed by atoms with van der Waals surface area (Å²) in [6, 6.07) is 27.0. The van der Waals surface area contributed by atoms with Crippen LogP contribution in [0.15, 0.2) is 97.1 Å². The first-order chi connectivity index (χ1) is 19.1. The maximum atomic E-state index is 14.3. The second-order valence-electron chi connectivity index (χ2n) is 10.2. The summed E-state index contributed by atoms with van der Waals surface area (Å²) in [4.78, 5) is 45.8. The van der Waals surface area contributed by atoms with Crippen molar-refractivity contribution in [2.45, 2.75) is 12.1 Å². The van der Waals surface area contributed by atoms with Crippen LogP contribution in [-0.2, 0) is 9.59 Å². The maximum Gasteiger partial charge on any atom is 0.272 e. The molecule has 8 nitrogen and oxygen atoms in total. The number of benzene rings is 4. The molecule has 4 aromatic carbocycles. The Morgan fingerprint density at radius 3 is 2.41 bits per heavy atom. The highest BCUT2D eigenvalue weighted by Gasteiger charge is 2.64. The Kier molecular flexibility index (Phi) is 4.47. The van der Waals surface area contributed by atoms with Crippen LogP contribution in [0.2, 0.25) is 0 Å². The molecule has 3 aliphatic heterocycles. The molecule has 0 radical (unpaired) electrons. The number of imide groups is 1. The molecule has 5 aromatic rings. The fourth-order valence-corrected chi connectivity index (χ4v) is 6.52. The van der Waals surface area contributed by atoms with Gasteiger partial charge in [0.05, 0.1) is 29.1 Å². The molecule has 4 atom stereocenters. The van der Waals surface area contributed by atoms with Gasteiger partial charge in [-0.15, -0.1) is 5.10 Å². The second kappa shape index (κ2) is 7.94. The Bertz CT molecular complexity index is 1890. The average molecular weight is 512 g/mol. The minimum Gasteiger partial charge on any atom is -0.351 e. The number of amides is 2. The van der Waals surface area contributed by atoms with Crippen LogP contribution in [0.5, 0.6) is 0 Å². The van der Waals surface area contributed by atoms with E-state index in [2.05, 4.69) is 10.3 Å². The Hall–Kier alpha value is -5.11. The number of para-hydroxylation sites is 2. The maximum absolute atomic E-state index is 14.3. The van der Waals surface area contributed by atoms with E-state index in [1.54, 1.807) is 18.2 Å². The Morgan fingerprint density at radius 1 is 0.769 bits per heavy atom. The highest BCUT2D eigenvalue weighted by atomic mass is 16.2. The summed E-state index contributed by atoms with van der Waals surface area (Å²) in [6.07, 6.45) is 3.92. The number of aromatic nitrogens is 3. The fraction of sp³-hybridized carbons (Fsp3) is 0.129. The molecule has 3 aliphatic rings. The van der Waals surface area contributed by atoms with E-state index < -0.39 is 23.9 Å². The number of carbonyl (C=O) groups excluding carboxylic acids is 3. The summed E-state index contributed by atoms with van der Waals surface area (Å²) in [5.74, 6) is -2.63. The zero-order valence-corrected chi connectivity index (χ0v) is 20.6. The molecule has 188 valence electrons. The third kappa shape index (κ3) is 2.96. The van der Waals surface area contributed by atoms with Crippen molar-refractivity contribution in [2.75, 3.05) is 9.80 Å². The van der Waals surface area contributed by atoms with Crippen molar-refractivity contribution >= 4 is 57.0 Å². The van der Waals surface area contributed by atoms with E-state index >= 15 is 0 Å². The number of carbonyl (C=O) groups is 3. The van der Waals surface area contributed by atoms with Gasteiger partial charge in [-0.25, -0.2) is 4.90 Å². The molecule has 8 rings (SSSR count). The van der Waals surface area contributed by atoms with Gasteiger partial charge in [0.1, 0.15) is 11.6 Å². The third-order valence-electron chi connectivity index (χ3n) is 8.22. The molecular formula is C31H21N5O3. The average Bonchev–Trinajstić information content (AvgIpc) is 3.63. The van der Waals surface area contributed by atoms with Gasteiger partial charge in [-0.1, -0.05) is 78.0 Å². The minimum atomic E-state index is -0.932. The van der Waals surface area contributed by atoms with Gasteiger partial charge in [-0.2, -0.15) is 4.68 Å². The van der Waals surface area contributed by atoms with Crippen LogP contribution in [-0.4, -0.2) is 44.8 Å². The van der Waals surface area contributed by atoms with E-state index in [0.717, 1.165) is 22.0 Å². The molecule has 4 heterocycles. The van der Waals surface area contributed by atoms with Gasteiger partial charge in [0.15, 0.2) is 0 Å².